The van der Waals surface area contributed by atoms with Crippen molar-refractivity contribution < 1.29 is 14.2 Å². The van der Waals surface area contributed by atoms with E-state index in [0.717, 1.165) is 37.6 Å². The van der Waals surface area contributed by atoms with Crippen molar-refractivity contribution in [2.75, 3.05) is 41.0 Å². The highest BCUT2D eigenvalue weighted by Gasteiger charge is 2.09. The molecule has 0 bridgehead atoms. The zero-order valence-corrected chi connectivity index (χ0v) is 16.4. The smallest absolute Gasteiger partial charge is 0.160 e. The van der Waals surface area contributed by atoms with Gasteiger partial charge in [-0.1, -0.05) is 43.3 Å². The van der Waals surface area contributed by atoms with Crippen LogP contribution in [0.1, 0.15) is 18.1 Å². The summed E-state index contributed by atoms with van der Waals surface area (Å²) < 4.78 is 16.5. The van der Waals surface area contributed by atoms with Crippen LogP contribution in [0.15, 0.2) is 48.5 Å². The predicted molar refractivity (Wildman–Crippen MR) is 106 cm³/mol. The van der Waals surface area contributed by atoms with E-state index < -0.39 is 0 Å². The maximum Gasteiger partial charge on any atom is 0.160 e. The third-order valence-electron chi connectivity index (χ3n) is 4.37. The summed E-state index contributed by atoms with van der Waals surface area (Å²) in [7, 11) is 5.49. The molecule has 0 amide bonds. The summed E-state index contributed by atoms with van der Waals surface area (Å²) >= 11 is 0. The lowest BCUT2D eigenvalue weighted by atomic mass is 10.1. The Morgan fingerprint density at radius 2 is 1.65 bits per heavy atom. The molecule has 2 aromatic rings. The lowest BCUT2D eigenvalue weighted by Gasteiger charge is -2.21. The van der Waals surface area contributed by atoms with Crippen LogP contribution in [-0.2, 0) is 17.8 Å². The maximum atomic E-state index is 5.84. The van der Waals surface area contributed by atoms with E-state index in [0.29, 0.717) is 12.5 Å². The molecule has 2 aromatic carbocycles. The number of rotatable bonds is 11. The van der Waals surface area contributed by atoms with Crippen LogP contribution in [0, 0.1) is 5.92 Å². The van der Waals surface area contributed by atoms with Gasteiger partial charge in [0.1, 0.15) is 0 Å². The lowest BCUT2D eigenvalue weighted by molar-refractivity contribution is 0.0805. The molecule has 26 heavy (non-hydrogen) atoms. The summed E-state index contributed by atoms with van der Waals surface area (Å²) in [6, 6.07) is 16.4. The van der Waals surface area contributed by atoms with E-state index in [-0.39, 0.29) is 0 Å². The first-order valence-electron chi connectivity index (χ1n) is 9.13. The van der Waals surface area contributed by atoms with Crippen molar-refractivity contribution in [2.45, 2.75) is 20.0 Å². The molecule has 4 nitrogen and oxygen atoms in total. The Hall–Kier alpha value is -2.04. The van der Waals surface area contributed by atoms with E-state index in [1.165, 1.54) is 11.1 Å². The quantitative estimate of drug-likeness (QED) is 0.607. The molecule has 2 rings (SSSR count). The minimum absolute atomic E-state index is 0.495. The van der Waals surface area contributed by atoms with Crippen LogP contribution in [0.25, 0.3) is 0 Å². The molecule has 0 unspecified atom stereocenters. The van der Waals surface area contributed by atoms with Gasteiger partial charge in [-0.05, 0) is 42.6 Å². The van der Waals surface area contributed by atoms with Gasteiger partial charge in [0.05, 0.1) is 27.4 Å². The zero-order chi connectivity index (χ0) is 18.8. The molecule has 0 aliphatic carbocycles. The van der Waals surface area contributed by atoms with Crippen molar-refractivity contribution in [3.63, 3.8) is 0 Å². The number of nitrogens with zero attached hydrogens (tertiary/aromatic N) is 1. The highest BCUT2D eigenvalue weighted by Crippen LogP contribution is 2.27. The average molecular weight is 357 g/mol. The molecule has 0 spiro atoms. The van der Waals surface area contributed by atoms with Gasteiger partial charge in [0.25, 0.3) is 0 Å². The second-order valence-corrected chi connectivity index (χ2v) is 6.81. The Bertz CT molecular complexity index is 645. The molecule has 0 aliphatic rings. The number of benzene rings is 2. The normalized spacial score (nSPS) is 12.2. The van der Waals surface area contributed by atoms with E-state index in [1.54, 1.807) is 14.2 Å². The van der Waals surface area contributed by atoms with Crippen molar-refractivity contribution >= 4 is 0 Å². The Kier molecular flexibility index (Phi) is 8.45. The van der Waals surface area contributed by atoms with E-state index in [4.69, 9.17) is 14.2 Å². The van der Waals surface area contributed by atoms with Crippen LogP contribution >= 0.6 is 0 Å². The Morgan fingerprint density at radius 3 is 2.35 bits per heavy atom. The molecule has 0 aromatic heterocycles. The molecule has 0 heterocycles. The van der Waals surface area contributed by atoms with Gasteiger partial charge in [0.2, 0.25) is 0 Å². The molecule has 0 fully saturated rings. The average Bonchev–Trinajstić information content (AvgIpc) is 2.67. The van der Waals surface area contributed by atoms with Crippen LogP contribution in [0.2, 0.25) is 0 Å². The number of likely N-dealkylation sites (N-methyl/N-ethyl adjacent to an activating group) is 1. The van der Waals surface area contributed by atoms with Crippen LogP contribution in [0.5, 0.6) is 11.5 Å². The standard InChI is InChI=1S/C22H31NO3/c1-18(16-26-17-20-8-6-5-7-9-20)15-23(2)13-12-19-10-11-21(24-3)22(14-19)25-4/h5-11,14,18H,12-13,15-17H2,1-4H3/t18-/m0/s1. The molecule has 0 saturated carbocycles. The second kappa shape index (κ2) is 10.8. The van der Waals surface area contributed by atoms with Gasteiger partial charge in [-0.15, -0.1) is 0 Å². The minimum atomic E-state index is 0.495. The van der Waals surface area contributed by atoms with Crippen molar-refractivity contribution in [1.82, 2.24) is 4.90 Å². The van der Waals surface area contributed by atoms with E-state index in [9.17, 15) is 0 Å². The molecule has 0 aliphatic heterocycles. The van der Waals surface area contributed by atoms with Crippen molar-refractivity contribution in [2.24, 2.45) is 5.92 Å². The summed E-state index contributed by atoms with van der Waals surface area (Å²) in [5.74, 6) is 2.05. The van der Waals surface area contributed by atoms with Gasteiger partial charge in [0.15, 0.2) is 11.5 Å². The summed E-state index contributed by atoms with van der Waals surface area (Å²) in [6.07, 6.45) is 0.981. The fraction of sp³-hybridized carbons (Fsp3) is 0.455. The highest BCUT2D eigenvalue weighted by molar-refractivity contribution is 5.42. The van der Waals surface area contributed by atoms with E-state index >= 15 is 0 Å². The summed E-state index contributed by atoms with van der Waals surface area (Å²) in [5.41, 5.74) is 2.48. The third-order valence-corrected chi connectivity index (χ3v) is 4.37. The number of hydrogen-bond acceptors (Lipinski definition) is 4. The van der Waals surface area contributed by atoms with E-state index in [2.05, 4.69) is 43.1 Å². The Labute approximate surface area is 157 Å². The molecule has 1 atom stereocenters. The number of hydrogen-bond donors (Lipinski definition) is 0. The number of methoxy groups -OCH3 is 2. The van der Waals surface area contributed by atoms with Gasteiger partial charge >= 0.3 is 0 Å². The summed E-state index contributed by atoms with van der Waals surface area (Å²) in [6.45, 7) is 5.70. The van der Waals surface area contributed by atoms with Crippen LogP contribution < -0.4 is 9.47 Å². The topological polar surface area (TPSA) is 30.9 Å². The molecule has 0 saturated heterocycles. The first kappa shape index (κ1) is 20.3. The van der Waals surface area contributed by atoms with Crippen LogP contribution in [-0.4, -0.2) is 45.9 Å². The van der Waals surface area contributed by atoms with Crippen LogP contribution in [0.3, 0.4) is 0 Å². The minimum Gasteiger partial charge on any atom is -0.493 e. The molecule has 0 radical (unpaired) electrons. The Balaban J connectivity index is 1.70. The molecule has 4 heteroatoms. The summed E-state index contributed by atoms with van der Waals surface area (Å²) in [4.78, 5) is 2.35. The van der Waals surface area contributed by atoms with E-state index in [1.807, 2.05) is 24.3 Å². The fourth-order valence-electron chi connectivity index (χ4n) is 2.98. The first-order chi connectivity index (χ1) is 12.6. The maximum absolute atomic E-state index is 5.84. The van der Waals surface area contributed by atoms with Gasteiger partial charge < -0.3 is 19.1 Å². The first-order valence-corrected chi connectivity index (χ1v) is 9.13. The summed E-state index contributed by atoms with van der Waals surface area (Å²) in [5, 5.41) is 0. The largest absolute Gasteiger partial charge is 0.493 e. The van der Waals surface area contributed by atoms with Gasteiger partial charge in [-0.3, -0.25) is 0 Å². The molecule has 0 N–H and O–H groups in total. The van der Waals surface area contributed by atoms with Crippen LogP contribution in [0.4, 0.5) is 0 Å². The SMILES string of the molecule is COc1ccc(CCN(C)C[C@H](C)COCc2ccccc2)cc1OC. The Morgan fingerprint density at radius 1 is 0.923 bits per heavy atom. The third kappa shape index (κ3) is 6.70. The van der Waals surface area contributed by atoms with Gasteiger partial charge in [-0.25, -0.2) is 0 Å². The van der Waals surface area contributed by atoms with Crippen molar-refractivity contribution in [3.8, 4) is 11.5 Å². The lowest BCUT2D eigenvalue weighted by Crippen LogP contribution is -2.28. The van der Waals surface area contributed by atoms with Crippen molar-refractivity contribution in [1.29, 1.82) is 0 Å². The zero-order valence-electron chi connectivity index (χ0n) is 16.4. The van der Waals surface area contributed by atoms with Gasteiger partial charge in [0, 0.05) is 13.1 Å². The number of ether oxygens (including phenoxy) is 3. The predicted octanol–water partition coefficient (Wildman–Crippen LogP) is 4.03. The second-order valence-electron chi connectivity index (χ2n) is 6.81. The molecular weight excluding hydrogens is 326 g/mol. The molecular formula is C22H31NO3. The highest BCUT2D eigenvalue weighted by atomic mass is 16.5. The fourth-order valence-corrected chi connectivity index (χ4v) is 2.98. The van der Waals surface area contributed by atoms with Gasteiger partial charge in [-0.2, -0.15) is 0 Å². The molecule has 142 valence electrons. The van der Waals surface area contributed by atoms with Crippen molar-refractivity contribution in [3.05, 3.63) is 59.7 Å². The monoisotopic (exact) mass is 357 g/mol.